The molecule has 0 N–H and O–H groups in total. The lowest BCUT2D eigenvalue weighted by Gasteiger charge is -2.26. The Hall–Kier alpha value is -0.333. The molecule has 0 fully saturated rings. The van der Waals surface area contributed by atoms with Gasteiger partial charge in [0, 0.05) is 26.5 Å². The highest BCUT2D eigenvalue weighted by Gasteiger charge is 2.42. The normalized spacial score (nSPS) is 11.8. The maximum atomic E-state index is 5.52. The molecule has 1 aromatic carbocycles. The minimum absolute atomic E-state index is 0.790. The molecule has 0 aliphatic rings. The summed E-state index contributed by atoms with van der Waals surface area (Å²) >= 11 is 4.29. The molecule has 0 saturated heterocycles. The van der Waals surface area contributed by atoms with Gasteiger partial charge in [-0.05, 0) is 24.7 Å². The molecule has 0 aliphatic carbocycles. The molecule has 96 valence electrons. The van der Waals surface area contributed by atoms with Crippen molar-refractivity contribution in [1.29, 1.82) is 0 Å². The molecule has 5 heteroatoms. The number of rotatable bonds is 6. The van der Waals surface area contributed by atoms with Gasteiger partial charge in [-0.3, -0.25) is 0 Å². The molecule has 0 radical (unpaired) electrons. The molecule has 17 heavy (non-hydrogen) atoms. The highest BCUT2D eigenvalue weighted by molar-refractivity contribution is 7.80. The van der Waals surface area contributed by atoms with Crippen LogP contribution >= 0.6 is 12.6 Å². The van der Waals surface area contributed by atoms with Gasteiger partial charge >= 0.3 is 8.80 Å². The second kappa shape index (κ2) is 6.56. The van der Waals surface area contributed by atoms with E-state index in [0.717, 1.165) is 17.4 Å². The van der Waals surface area contributed by atoms with Crippen LogP contribution < -0.4 is 5.19 Å². The zero-order chi connectivity index (χ0) is 12.9. The van der Waals surface area contributed by atoms with Crippen LogP contribution in [0.15, 0.2) is 18.2 Å². The zero-order valence-electron chi connectivity index (χ0n) is 10.8. The van der Waals surface area contributed by atoms with Gasteiger partial charge in [0.2, 0.25) is 0 Å². The second-order valence-electron chi connectivity index (χ2n) is 3.80. The van der Waals surface area contributed by atoms with E-state index in [1.165, 1.54) is 11.1 Å². The predicted molar refractivity (Wildman–Crippen MR) is 75.2 cm³/mol. The molecule has 0 heterocycles. The Morgan fingerprint density at radius 1 is 1.12 bits per heavy atom. The van der Waals surface area contributed by atoms with Crippen molar-refractivity contribution in [3.05, 3.63) is 29.3 Å². The van der Waals surface area contributed by atoms with Crippen molar-refractivity contribution >= 4 is 26.6 Å². The fourth-order valence-electron chi connectivity index (χ4n) is 1.93. The van der Waals surface area contributed by atoms with E-state index in [4.69, 9.17) is 13.3 Å². The maximum Gasteiger partial charge on any atom is 0.536 e. The lowest BCUT2D eigenvalue weighted by atomic mass is 10.1. The van der Waals surface area contributed by atoms with Gasteiger partial charge < -0.3 is 13.3 Å². The van der Waals surface area contributed by atoms with Crippen LogP contribution in [0.5, 0.6) is 0 Å². The molecule has 3 nitrogen and oxygen atoms in total. The first kappa shape index (κ1) is 14.7. The molecule has 1 rings (SSSR count). The van der Waals surface area contributed by atoms with Crippen LogP contribution in [0.25, 0.3) is 0 Å². The molecular weight excluding hydrogens is 252 g/mol. The van der Waals surface area contributed by atoms with Gasteiger partial charge in [-0.2, -0.15) is 12.6 Å². The number of hydrogen-bond acceptors (Lipinski definition) is 4. The summed E-state index contributed by atoms with van der Waals surface area (Å²) in [6.45, 7) is 2.07. The summed E-state index contributed by atoms with van der Waals surface area (Å²) in [7, 11) is 2.15. The third-order valence-electron chi connectivity index (χ3n) is 2.78. The lowest BCUT2D eigenvalue weighted by molar-refractivity contribution is 0.140. The monoisotopic (exact) mass is 272 g/mol. The molecule has 1 aromatic rings. The Balaban J connectivity index is 3.26. The molecule has 0 saturated carbocycles. The number of aryl methyl sites for hydroxylation is 2. The van der Waals surface area contributed by atoms with E-state index in [0.29, 0.717) is 0 Å². The quantitative estimate of drug-likeness (QED) is 0.629. The first-order valence-electron chi connectivity index (χ1n) is 5.49. The van der Waals surface area contributed by atoms with Gasteiger partial charge in [-0.15, -0.1) is 0 Å². The number of benzene rings is 1. The van der Waals surface area contributed by atoms with Crippen molar-refractivity contribution in [2.75, 3.05) is 27.1 Å². The summed E-state index contributed by atoms with van der Waals surface area (Å²) in [6.07, 6.45) is 0.880. The zero-order valence-corrected chi connectivity index (χ0v) is 12.7. The molecular formula is C12H20O3SSi. The van der Waals surface area contributed by atoms with Crippen molar-refractivity contribution < 1.29 is 13.3 Å². The van der Waals surface area contributed by atoms with Gasteiger partial charge in [0.25, 0.3) is 0 Å². The summed E-state index contributed by atoms with van der Waals surface area (Å²) in [4.78, 5) is 0. The Bertz CT molecular complexity index is 359. The van der Waals surface area contributed by atoms with Crippen molar-refractivity contribution in [3.8, 4) is 0 Å². The van der Waals surface area contributed by atoms with E-state index >= 15 is 0 Å². The van der Waals surface area contributed by atoms with E-state index in [-0.39, 0.29) is 0 Å². The van der Waals surface area contributed by atoms with Crippen LogP contribution in [0, 0.1) is 6.92 Å². The lowest BCUT2D eigenvalue weighted by Crippen LogP contribution is -2.56. The van der Waals surface area contributed by atoms with E-state index in [1.807, 2.05) is 6.07 Å². The predicted octanol–water partition coefficient (Wildman–Crippen LogP) is 1.55. The first-order valence-corrected chi connectivity index (χ1v) is 7.85. The van der Waals surface area contributed by atoms with Crippen LogP contribution in [-0.2, 0) is 19.7 Å². The van der Waals surface area contributed by atoms with Crippen LogP contribution in [0.1, 0.15) is 11.1 Å². The van der Waals surface area contributed by atoms with Gasteiger partial charge in [-0.1, -0.05) is 23.8 Å². The van der Waals surface area contributed by atoms with Gasteiger partial charge in [-0.25, -0.2) is 0 Å². The van der Waals surface area contributed by atoms with Crippen molar-refractivity contribution in [1.82, 2.24) is 0 Å². The fraction of sp³-hybridized carbons (Fsp3) is 0.500. The average Bonchev–Trinajstić information content (AvgIpc) is 2.34. The molecule has 0 amide bonds. The van der Waals surface area contributed by atoms with Gasteiger partial charge in [0.15, 0.2) is 0 Å². The van der Waals surface area contributed by atoms with Crippen LogP contribution in [0.3, 0.4) is 0 Å². The maximum absolute atomic E-state index is 5.52. The van der Waals surface area contributed by atoms with Crippen LogP contribution in [-0.4, -0.2) is 35.9 Å². The molecule has 0 aromatic heterocycles. The van der Waals surface area contributed by atoms with Crippen LogP contribution in [0.2, 0.25) is 0 Å². The van der Waals surface area contributed by atoms with Gasteiger partial charge in [0.1, 0.15) is 0 Å². The molecule has 0 atom stereocenters. The van der Waals surface area contributed by atoms with E-state index in [2.05, 4.69) is 31.7 Å². The highest BCUT2D eigenvalue weighted by Crippen LogP contribution is 2.13. The smallest absolute Gasteiger partial charge is 0.373 e. The summed E-state index contributed by atoms with van der Waals surface area (Å²) in [6, 6.07) is 6.23. The SMILES string of the molecule is CO[Si](OC)(OC)c1ccc(C)cc1CCS. The largest absolute Gasteiger partial charge is 0.536 e. The number of hydrogen-bond donors (Lipinski definition) is 1. The number of thiol groups is 1. The Morgan fingerprint density at radius 3 is 2.18 bits per heavy atom. The fourth-order valence-corrected chi connectivity index (χ4v) is 4.21. The summed E-state index contributed by atoms with van der Waals surface area (Å²) in [5.41, 5.74) is 2.41. The van der Waals surface area contributed by atoms with E-state index in [1.54, 1.807) is 21.3 Å². The molecule has 0 spiro atoms. The molecule has 0 unspecified atom stereocenters. The average molecular weight is 272 g/mol. The summed E-state index contributed by atoms with van der Waals surface area (Å²) < 4.78 is 16.6. The molecule has 0 bridgehead atoms. The molecule has 0 aliphatic heterocycles. The minimum atomic E-state index is -2.73. The first-order chi connectivity index (χ1) is 8.13. The van der Waals surface area contributed by atoms with E-state index in [9.17, 15) is 0 Å². The second-order valence-corrected chi connectivity index (χ2v) is 7.13. The van der Waals surface area contributed by atoms with Gasteiger partial charge in [0.05, 0.1) is 0 Å². The summed E-state index contributed by atoms with van der Waals surface area (Å²) in [5.74, 6) is 0.790. The van der Waals surface area contributed by atoms with Crippen molar-refractivity contribution in [2.24, 2.45) is 0 Å². The minimum Gasteiger partial charge on any atom is -0.373 e. The van der Waals surface area contributed by atoms with E-state index < -0.39 is 8.80 Å². The van der Waals surface area contributed by atoms with Crippen LogP contribution in [0.4, 0.5) is 0 Å². The Kier molecular flexibility index (Phi) is 5.68. The van der Waals surface area contributed by atoms with Crippen molar-refractivity contribution in [3.63, 3.8) is 0 Å². The van der Waals surface area contributed by atoms with Crippen molar-refractivity contribution in [2.45, 2.75) is 13.3 Å². The highest BCUT2D eigenvalue weighted by atomic mass is 32.1. The Labute approximate surface area is 110 Å². The standard InChI is InChI=1S/C12H20O3SSi/c1-10-5-6-12(11(9-10)7-8-16)17(13-2,14-3)15-4/h5-6,9,16H,7-8H2,1-4H3. The third kappa shape index (κ3) is 3.11. The summed E-state index contributed by atoms with van der Waals surface area (Å²) in [5, 5.41) is 1.03. The topological polar surface area (TPSA) is 27.7 Å². The third-order valence-corrected chi connectivity index (χ3v) is 5.76. The Morgan fingerprint density at radius 2 is 1.71 bits per heavy atom.